The molecule has 1 aliphatic heterocycles. The van der Waals surface area contributed by atoms with Gasteiger partial charge in [0.1, 0.15) is 11.6 Å². The summed E-state index contributed by atoms with van der Waals surface area (Å²) in [5.41, 5.74) is 0.968. The van der Waals surface area contributed by atoms with Crippen LogP contribution in [0.15, 0.2) is 24.5 Å². The summed E-state index contributed by atoms with van der Waals surface area (Å²) in [6, 6.07) is 4.30. The van der Waals surface area contributed by atoms with Gasteiger partial charge in [0.25, 0.3) is 0 Å². The van der Waals surface area contributed by atoms with Crippen LogP contribution in [-0.4, -0.2) is 44.0 Å². The first-order valence-electron chi connectivity index (χ1n) is 8.25. The van der Waals surface area contributed by atoms with E-state index in [0.29, 0.717) is 17.9 Å². The minimum Gasteiger partial charge on any atom is -0.309 e. The third-order valence-corrected chi connectivity index (χ3v) is 4.23. The molecular weight excluding hydrogens is 288 g/mol. The van der Waals surface area contributed by atoms with Gasteiger partial charge in [-0.2, -0.15) is 0 Å². The Morgan fingerprint density at radius 2 is 2.00 bits per heavy atom. The standard InChI is InChI=1S/C17H24N6/c1-12(2)23-9-4-6-14(11-23)16-20-13(3)10-15(21-16)22-17-18-7-5-8-19-17/h5,7-8,10,12,14H,4,6,9,11H2,1-3H3,(H,18,19,20,21,22)/t14-/m0/s1. The number of hydrogen-bond acceptors (Lipinski definition) is 6. The number of likely N-dealkylation sites (tertiary alicyclic amines) is 1. The molecule has 2 aromatic rings. The monoisotopic (exact) mass is 312 g/mol. The lowest BCUT2D eigenvalue weighted by atomic mass is 9.96. The molecule has 0 aliphatic carbocycles. The van der Waals surface area contributed by atoms with E-state index < -0.39 is 0 Å². The van der Waals surface area contributed by atoms with Crippen molar-refractivity contribution >= 4 is 11.8 Å². The number of piperidine rings is 1. The summed E-state index contributed by atoms with van der Waals surface area (Å²) in [5.74, 6) is 2.64. The van der Waals surface area contributed by atoms with Crippen molar-refractivity contribution in [2.45, 2.75) is 45.6 Å². The molecule has 1 aliphatic rings. The van der Waals surface area contributed by atoms with E-state index in [1.54, 1.807) is 18.5 Å². The molecule has 23 heavy (non-hydrogen) atoms. The molecule has 0 amide bonds. The number of aromatic nitrogens is 4. The van der Waals surface area contributed by atoms with E-state index in [-0.39, 0.29) is 0 Å². The summed E-state index contributed by atoms with van der Waals surface area (Å²) in [4.78, 5) is 20.3. The van der Waals surface area contributed by atoms with Gasteiger partial charge < -0.3 is 10.2 Å². The second-order valence-electron chi connectivity index (χ2n) is 6.38. The summed E-state index contributed by atoms with van der Waals surface area (Å²) in [6.07, 6.45) is 5.77. The van der Waals surface area contributed by atoms with Crippen LogP contribution in [-0.2, 0) is 0 Å². The van der Waals surface area contributed by atoms with Crippen molar-refractivity contribution in [2.24, 2.45) is 0 Å². The quantitative estimate of drug-likeness (QED) is 0.936. The first-order chi connectivity index (χ1) is 11.1. The van der Waals surface area contributed by atoms with Crippen molar-refractivity contribution in [1.82, 2.24) is 24.8 Å². The van der Waals surface area contributed by atoms with Gasteiger partial charge in [-0.15, -0.1) is 0 Å². The van der Waals surface area contributed by atoms with Crippen molar-refractivity contribution in [3.63, 3.8) is 0 Å². The van der Waals surface area contributed by atoms with Crippen LogP contribution >= 0.6 is 0 Å². The van der Waals surface area contributed by atoms with E-state index in [1.807, 2.05) is 13.0 Å². The fourth-order valence-electron chi connectivity index (χ4n) is 3.00. The molecule has 1 atom stereocenters. The highest BCUT2D eigenvalue weighted by Crippen LogP contribution is 2.27. The molecule has 122 valence electrons. The Morgan fingerprint density at radius 3 is 2.74 bits per heavy atom. The van der Waals surface area contributed by atoms with Crippen LogP contribution in [0, 0.1) is 6.92 Å². The average Bonchev–Trinajstić information content (AvgIpc) is 2.55. The highest BCUT2D eigenvalue weighted by atomic mass is 15.2. The van der Waals surface area contributed by atoms with Crippen molar-refractivity contribution in [3.8, 4) is 0 Å². The van der Waals surface area contributed by atoms with Crippen molar-refractivity contribution in [3.05, 3.63) is 36.0 Å². The van der Waals surface area contributed by atoms with Crippen LogP contribution in [0.1, 0.15) is 44.1 Å². The van der Waals surface area contributed by atoms with E-state index in [2.05, 4.69) is 39.0 Å². The van der Waals surface area contributed by atoms with Crippen LogP contribution in [0.5, 0.6) is 0 Å². The van der Waals surface area contributed by atoms with Gasteiger partial charge in [-0.25, -0.2) is 19.9 Å². The fraction of sp³-hybridized carbons (Fsp3) is 0.529. The molecule has 0 spiro atoms. The van der Waals surface area contributed by atoms with Gasteiger partial charge in [0.05, 0.1) is 0 Å². The third-order valence-electron chi connectivity index (χ3n) is 4.23. The smallest absolute Gasteiger partial charge is 0.228 e. The second kappa shape index (κ2) is 7.00. The Bertz CT molecular complexity index is 643. The van der Waals surface area contributed by atoms with Gasteiger partial charge in [-0.1, -0.05) is 0 Å². The Balaban J connectivity index is 1.80. The molecule has 1 N–H and O–H groups in total. The van der Waals surface area contributed by atoms with Crippen LogP contribution in [0.25, 0.3) is 0 Å². The maximum absolute atomic E-state index is 4.72. The second-order valence-corrected chi connectivity index (χ2v) is 6.38. The van der Waals surface area contributed by atoms with Crippen LogP contribution in [0.4, 0.5) is 11.8 Å². The molecule has 1 saturated heterocycles. The summed E-state index contributed by atoms with van der Waals surface area (Å²) in [5, 5.41) is 3.17. The number of rotatable bonds is 4. The van der Waals surface area contributed by atoms with E-state index >= 15 is 0 Å². The lowest BCUT2D eigenvalue weighted by molar-refractivity contribution is 0.165. The van der Waals surface area contributed by atoms with Gasteiger partial charge in [-0.3, -0.25) is 0 Å². The summed E-state index contributed by atoms with van der Waals surface area (Å²) >= 11 is 0. The number of anilines is 2. The Morgan fingerprint density at radius 1 is 1.22 bits per heavy atom. The Hall–Kier alpha value is -2.08. The number of nitrogens with zero attached hydrogens (tertiary/aromatic N) is 5. The molecule has 6 heteroatoms. The molecule has 0 unspecified atom stereocenters. The molecule has 3 rings (SSSR count). The highest BCUT2D eigenvalue weighted by Gasteiger charge is 2.25. The SMILES string of the molecule is Cc1cc(Nc2ncccn2)nc([C@H]2CCCN(C(C)C)C2)n1. The largest absolute Gasteiger partial charge is 0.309 e. The number of aryl methyl sites for hydroxylation is 1. The maximum atomic E-state index is 4.72. The van der Waals surface area contributed by atoms with Crippen molar-refractivity contribution < 1.29 is 0 Å². The minimum atomic E-state index is 0.392. The molecular formula is C17H24N6. The van der Waals surface area contributed by atoms with Crippen LogP contribution < -0.4 is 5.32 Å². The predicted molar refractivity (Wildman–Crippen MR) is 90.8 cm³/mol. The molecule has 2 aromatic heterocycles. The van der Waals surface area contributed by atoms with Gasteiger partial charge in [0, 0.05) is 42.7 Å². The molecule has 0 bridgehead atoms. The van der Waals surface area contributed by atoms with Crippen LogP contribution in [0.2, 0.25) is 0 Å². The molecule has 0 radical (unpaired) electrons. The lowest BCUT2D eigenvalue weighted by Gasteiger charge is -2.34. The van der Waals surface area contributed by atoms with Crippen molar-refractivity contribution in [1.29, 1.82) is 0 Å². The molecule has 3 heterocycles. The van der Waals surface area contributed by atoms with E-state index in [0.717, 1.165) is 30.3 Å². The van der Waals surface area contributed by atoms with Gasteiger partial charge in [0.2, 0.25) is 5.95 Å². The third kappa shape index (κ3) is 4.01. The summed E-state index contributed by atoms with van der Waals surface area (Å²) in [7, 11) is 0. The molecule has 0 saturated carbocycles. The van der Waals surface area contributed by atoms with Gasteiger partial charge in [0.15, 0.2) is 0 Å². The highest BCUT2D eigenvalue weighted by molar-refractivity contribution is 5.47. The van der Waals surface area contributed by atoms with Gasteiger partial charge in [-0.05, 0) is 46.2 Å². The number of nitrogens with one attached hydrogen (secondary N) is 1. The Kier molecular flexibility index (Phi) is 4.81. The lowest BCUT2D eigenvalue weighted by Crippen LogP contribution is -2.39. The minimum absolute atomic E-state index is 0.392. The zero-order valence-corrected chi connectivity index (χ0v) is 14.0. The predicted octanol–water partition coefficient (Wildman–Crippen LogP) is 2.91. The van der Waals surface area contributed by atoms with E-state index in [9.17, 15) is 0 Å². The zero-order valence-electron chi connectivity index (χ0n) is 14.0. The van der Waals surface area contributed by atoms with E-state index in [4.69, 9.17) is 4.98 Å². The molecule has 0 aromatic carbocycles. The van der Waals surface area contributed by atoms with Gasteiger partial charge >= 0.3 is 0 Å². The molecule has 6 nitrogen and oxygen atoms in total. The first-order valence-corrected chi connectivity index (χ1v) is 8.25. The number of hydrogen-bond donors (Lipinski definition) is 1. The van der Waals surface area contributed by atoms with Crippen molar-refractivity contribution in [2.75, 3.05) is 18.4 Å². The fourth-order valence-corrected chi connectivity index (χ4v) is 3.00. The maximum Gasteiger partial charge on any atom is 0.228 e. The topological polar surface area (TPSA) is 66.8 Å². The average molecular weight is 312 g/mol. The summed E-state index contributed by atoms with van der Waals surface area (Å²) < 4.78 is 0. The zero-order chi connectivity index (χ0) is 16.2. The summed E-state index contributed by atoms with van der Waals surface area (Å²) in [6.45, 7) is 8.70. The Labute approximate surface area is 137 Å². The van der Waals surface area contributed by atoms with E-state index in [1.165, 1.54) is 13.0 Å². The normalized spacial score (nSPS) is 19.0. The first kappa shape index (κ1) is 15.8. The molecule has 1 fully saturated rings. The van der Waals surface area contributed by atoms with Crippen LogP contribution in [0.3, 0.4) is 0 Å².